The van der Waals surface area contributed by atoms with Gasteiger partial charge in [0.2, 0.25) is 0 Å². The molecule has 1 aromatic carbocycles. The number of hydrogen-bond acceptors (Lipinski definition) is 4. The van der Waals surface area contributed by atoms with E-state index < -0.39 is 11.7 Å². The quantitative estimate of drug-likeness (QED) is 0.807. The van der Waals surface area contributed by atoms with Crippen LogP contribution in [0.3, 0.4) is 0 Å². The van der Waals surface area contributed by atoms with E-state index in [1.165, 1.54) is 4.57 Å². The fourth-order valence-electron chi connectivity index (χ4n) is 1.94. The molecule has 0 spiro atoms. The highest BCUT2D eigenvalue weighted by atomic mass is 16.6. The summed E-state index contributed by atoms with van der Waals surface area (Å²) in [6, 6.07) is 7.35. The van der Waals surface area contributed by atoms with E-state index in [0.29, 0.717) is 24.2 Å². The maximum atomic E-state index is 12.3. The van der Waals surface area contributed by atoms with Crippen molar-refractivity contribution >= 4 is 23.4 Å². The SMILES string of the molecule is CC(C)(C)OC(=O)n1c(CCC=O)nc2ccccc21. The lowest BCUT2D eigenvalue weighted by molar-refractivity contribution is -0.107. The molecule has 0 radical (unpaired) electrons. The van der Waals surface area contributed by atoms with Crippen molar-refractivity contribution in [3.05, 3.63) is 30.1 Å². The number of aryl methyl sites for hydroxylation is 1. The van der Waals surface area contributed by atoms with Gasteiger partial charge in [-0.05, 0) is 32.9 Å². The highest BCUT2D eigenvalue weighted by Gasteiger charge is 2.22. The Kier molecular flexibility index (Phi) is 3.88. The smallest absolute Gasteiger partial charge is 0.420 e. The average Bonchev–Trinajstić information content (AvgIpc) is 2.72. The Morgan fingerprint density at radius 1 is 1.35 bits per heavy atom. The fourth-order valence-corrected chi connectivity index (χ4v) is 1.94. The van der Waals surface area contributed by atoms with Crippen LogP contribution in [-0.4, -0.2) is 27.5 Å². The maximum absolute atomic E-state index is 12.3. The molecule has 0 fully saturated rings. The largest absolute Gasteiger partial charge is 0.443 e. The summed E-state index contributed by atoms with van der Waals surface area (Å²) in [6.07, 6.45) is 1.09. The van der Waals surface area contributed by atoms with Crippen LogP contribution in [-0.2, 0) is 16.0 Å². The highest BCUT2D eigenvalue weighted by Crippen LogP contribution is 2.19. The third kappa shape index (κ3) is 3.04. The minimum atomic E-state index is -0.579. The molecule has 0 aliphatic carbocycles. The van der Waals surface area contributed by atoms with Crippen LogP contribution in [0.2, 0.25) is 0 Å². The topological polar surface area (TPSA) is 61.2 Å². The molecule has 1 heterocycles. The Balaban J connectivity index is 2.47. The van der Waals surface area contributed by atoms with Crippen molar-refractivity contribution in [2.75, 3.05) is 0 Å². The van der Waals surface area contributed by atoms with E-state index in [1.807, 2.05) is 45.0 Å². The molecule has 20 heavy (non-hydrogen) atoms. The van der Waals surface area contributed by atoms with Gasteiger partial charge in [0.15, 0.2) is 0 Å². The van der Waals surface area contributed by atoms with E-state index in [2.05, 4.69) is 4.98 Å². The van der Waals surface area contributed by atoms with Crippen LogP contribution in [0, 0.1) is 0 Å². The summed E-state index contributed by atoms with van der Waals surface area (Å²) in [5.41, 5.74) is 0.839. The molecule has 0 unspecified atom stereocenters. The molecule has 0 N–H and O–H groups in total. The summed E-state index contributed by atoms with van der Waals surface area (Å²) in [7, 11) is 0. The van der Waals surface area contributed by atoms with E-state index in [4.69, 9.17) is 4.74 Å². The molecule has 0 saturated heterocycles. The van der Waals surface area contributed by atoms with Gasteiger partial charge in [-0.25, -0.2) is 14.3 Å². The molecule has 0 aliphatic rings. The van der Waals surface area contributed by atoms with Gasteiger partial charge in [-0.2, -0.15) is 0 Å². The van der Waals surface area contributed by atoms with Crippen molar-refractivity contribution in [3.8, 4) is 0 Å². The molecule has 0 aliphatic heterocycles. The first-order valence-corrected chi connectivity index (χ1v) is 6.56. The molecule has 2 aromatic rings. The minimum absolute atomic E-state index is 0.326. The summed E-state index contributed by atoms with van der Waals surface area (Å²) >= 11 is 0. The highest BCUT2D eigenvalue weighted by molar-refractivity contribution is 5.87. The standard InChI is InChI=1S/C15H18N2O3/c1-15(2,3)20-14(19)17-12-8-5-4-7-11(12)16-13(17)9-6-10-18/h4-5,7-8,10H,6,9H2,1-3H3. The van der Waals surface area contributed by atoms with E-state index >= 15 is 0 Å². The summed E-state index contributed by atoms with van der Waals surface area (Å²) in [5.74, 6) is 0.549. The molecule has 0 amide bonds. The second kappa shape index (κ2) is 5.45. The molecular weight excluding hydrogens is 256 g/mol. The number of benzene rings is 1. The molecule has 106 valence electrons. The number of aromatic nitrogens is 2. The average molecular weight is 274 g/mol. The lowest BCUT2D eigenvalue weighted by atomic mass is 10.2. The van der Waals surface area contributed by atoms with Gasteiger partial charge in [0.25, 0.3) is 0 Å². The maximum Gasteiger partial charge on any atom is 0.420 e. The number of carbonyl (C=O) groups is 2. The second-order valence-electron chi connectivity index (χ2n) is 5.54. The van der Waals surface area contributed by atoms with E-state index in [1.54, 1.807) is 0 Å². The Bertz CT molecular complexity index is 638. The first-order chi connectivity index (χ1) is 9.42. The van der Waals surface area contributed by atoms with Crippen molar-refractivity contribution < 1.29 is 14.3 Å². The van der Waals surface area contributed by atoms with Crippen molar-refractivity contribution in [2.45, 2.75) is 39.2 Å². The summed E-state index contributed by atoms with van der Waals surface area (Å²) in [5, 5.41) is 0. The van der Waals surface area contributed by atoms with Crippen LogP contribution in [0.4, 0.5) is 4.79 Å². The normalized spacial score (nSPS) is 11.6. The Morgan fingerprint density at radius 2 is 2.05 bits per heavy atom. The fraction of sp³-hybridized carbons (Fsp3) is 0.400. The molecule has 0 saturated carbocycles. The van der Waals surface area contributed by atoms with E-state index in [9.17, 15) is 9.59 Å². The van der Waals surface area contributed by atoms with Gasteiger partial charge in [-0.15, -0.1) is 0 Å². The number of imidazole rings is 1. The number of rotatable bonds is 3. The molecule has 2 rings (SSSR count). The van der Waals surface area contributed by atoms with E-state index in [0.717, 1.165) is 11.8 Å². The van der Waals surface area contributed by atoms with Gasteiger partial charge >= 0.3 is 6.09 Å². The number of carbonyl (C=O) groups excluding carboxylic acids is 2. The van der Waals surface area contributed by atoms with Crippen molar-refractivity contribution in [3.63, 3.8) is 0 Å². The zero-order valence-electron chi connectivity index (χ0n) is 11.9. The predicted molar refractivity (Wildman–Crippen MR) is 75.8 cm³/mol. The third-order valence-corrected chi connectivity index (χ3v) is 2.69. The van der Waals surface area contributed by atoms with Crippen molar-refractivity contribution in [1.82, 2.24) is 9.55 Å². The second-order valence-corrected chi connectivity index (χ2v) is 5.54. The number of para-hydroxylation sites is 2. The molecule has 0 atom stereocenters. The zero-order valence-corrected chi connectivity index (χ0v) is 11.9. The number of nitrogens with zero attached hydrogens (tertiary/aromatic N) is 2. The summed E-state index contributed by atoms with van der Waals surface area (Å²) in [4.78, 5) is 27.3. The summed E-state index contributed by atoms with van der Waals surface area (Å²) < 4.78 is 6.86. The van der Waals surface area contributed by atoms with Gasteiger partial charge in [-0.1, -0.05) is 12.1 Å². The number of fused-ring (bicyclic) bond motifs is 1. The van der Waals surface area contributed by atoms with Crippen LogP contribution in [0.1, 0.15) is 33.0 Å². The first kappa shape index (κ1) is 14.2. The first-order valence-electron chi connectivity index (χ1n) is 6.56. The van der Waals surface area contributed by atoms with Gasteiger partial charge in [0.05, 0.1) is 11.0 Å². The van der Waals surface area contributed by atoms with Crippen LogP contribution < -0.4 is 0 Å². The van der Waals surface area contributed by atoms with Gasteiger partial charge in [-0.3, -0.25) is 0 Å². The molecule has 1 aromatic heterocycles. The molecule has 5 nitrogen and oxygen atoms in total. The zero-order chi connectivity index (χ0) is 14.8. The van der Waals surface area contributed by atoms with Crippen LogP contribution in [0.15, 0.2) is 24.3 Å². The Morgan fingerprint density at radius 3 is 2.70 bits per heavy atom. The van der Waals surface area contributed by atoms with Crippen LogP contribution in [0.5, 0.6) is 0 Å². The monoisotopic (exact) mass is 274 g/mol. The number of aldehydes is 1. The van der Waals surface area contributed by atoms with Crippen molar-refractivity contribution in [1.29, 1.82) is 0 Å². The van der Waals surface area contributed by atoms with E-state index in [-0.39, 0.29) is 0 Å². The number of ether oxygens (including phenoxy) is 1. The molecule has 0 bridgehead atoms. The van der Waals surface area contributed by atoms with Gasteiger partial charge in [0, 0.05) is 12.8 Å². The van der Waals surface area contributed by atoms with Crippen LogP contribution in [0.25, 0.3) is 11.0 Å². The molecule has 5 heteroatoms. The lowest BCUT2D eigenvalue weighted by Gasteiger charge is -2.20. The van der Waals surface area contributed by atoms with Gasteiger partial charge < -0.3 is 9.53 Å². The van der Waals surface area contributed by atoms with Gasteiger partial charge in [0.1, 0.15) is 17.7 Å². The van der Waals surface area contributed by atoms with Crippen molar-refractivity contribution in [2.24, 2.45) is 0 Å². The Labute approximate surface area is 117 Å². The van der Waals surface area contributed by atoms with Crippen LogP contribution >= 0.6 is 0 Å². The lowest BCUT2D eigenvalue weighted by Crippen LogP contribution is -2.28. The molecular formula is C15H18N2O3. The number of hydrogen-bond donors (Lipinski definition) is 0. The Hall–Kier alpha value is -2.17. The predicted octanol–water partition coefficient (Wildman–Crippen LogP) is 2.95. The third-order valence-electron chi connectivity index (χ3n) is 2.69. The summed E-state index contributed by atoms with van der Waals surface area (Å²) in [6.45, 7) is 5.44. The minimum Gasteiger partial charge on any atom is -0.443 e.